The minimum Gasteiger partial charge on any atom is -0.262 e. The molecule has 0 radical (unpaired) electrons. The standard InChI is InChI=1S/C13H21N/c1-3-4-5-6-7-8-13-9-10-14-12(2)11-13/h9-11H,3-8H2,1-2H3. The molecule has 1 aromatic rings. The average molecular weight is 191 g/mol. The molecule has 0 bridgehead atoms. The first-order valence-corrected chi connectivity index (χ1v) is 5.74. The third kappa shape index (κ3) is 4.40. The molecular weight excluding hydrogens is 170 g/mol. The number of hydrogen-bond acceptors (Lipinski definition) is 1. The van der Waals surface area contributed by atoms with Crippen molar-refractivity contribution in [1.82, 2.24) is 4.98 Å². The Morgan fingerprint density at radius 2 is 1.93 bits per heavy atom. The molecule has 0 spiro atoms. The summed E-state index contributed by atoms with van der Waals surface area (Å²) in [6, 6.07) is 4.33. The molecule has 14 heavy (non-hydrogen) atoms. The summed E-state index contributed by atoms with van der Waals surface area (Å²) in [4.78, 5) is 4.20. The van der Waals surface area contributed by atoms with E-state index in [0.717, 1.165) is 5.69 Å². The van der Waals surface area contributed by atoms with Crippen molar-refractivity contribution in [2.75, 3.05) is 0 Å². The van der Waals surface area contributed by atoms with E-state index in [-0.39, 0.29) is 0 Å². The second kappa shape index (κ2) is 6.58. The average Bonchev–Trinajstić information content (AvgIpc) is 2.18. The number of hydrogen-bond donors (Lipinski definition) is 0. The van der Waals surface area contributed by atoms with Crippen molar-refractivity contribution in [3.63, 3.8) is 0 Å². The summed E-state index contributed by atoms with van der Waals surface area (Å²) < 4.78 is 0. The van der Waals surface area contributed by atoms with Gasteiger partial charge < -0.3 is 0 Å². The fourth-order valence-corrected chi connectivity index (χ4v) is 1.69. The van der Waals surface area contributed by atoms with Crippen LogP contribution in [-0.2, 0) is 6.42 Å². The molecule has 78 valence electrons. The molecular formula is C13H21N. The van der Waals surface area contributed by atoms with Gasteiger partial charge in [-0.1, -0.05) is 32.6 Å². The van der Waals surface area contributed by atoms with Crippen molar-refractivity contribution in [3.05, 3.63) is 29.6 Å². The summed E-state index contributed by atoms with van der Waals surface area (Å²) in [5.74, 6) is 0. The summed E-state index contributed by atoms with van der Waals surface area (Å²) in [7, 11) is 0. The van der Waals surface area contributed by atoms with Gasteiger partial charge in [0.1, 0.15) is 0 Å². The summed E-state index contributed by atoms with van der Waals surface area (Å²) in [6.45, 7) is 4.31. The molecule has 0 amide bonds. The molecule has 0 aliphatic rings. The van der Waals surface area contributed by atoms with Crippen LogP contribution in [0.4, 0.5) is 0 Å². The van der Waals surface area contributed by atoms with E-state index in [9.17, 15) is 0 Å². The van der Waals surface area contributed by atoms with Crippen molar-refractivity contribution in [2.45, 2.75) is 52.4 Å². The van der Waals surface area contributed by atoms with Gasteiger partial charge in [0.15, 0.2) is 0 Å². The van der Waals surface area contributed by atoms with E-state index >= 15 is 0 Å². The SMILES string of the molecule is CCCCCCCc1ccnc(C)c1. The summed E-state index contributed by atoms with van der Waals surface area (Å²) in [6.07, 6.45) is 9.92. The summed E-state index contributed by atoms with van der Waals surface area (Å²) in [5, 5.41) is 0. The molecule has 0 N–H and O–H groups in total. The van der Waals surface area contributed by atoms with Crippen LogP contribution in [0.2, 0.25) is 0 Å². The van der Waals surface area contributed by atoms with Crippen molar-refractivity contribution in [1.29, 1.82) is 0 Å². The lowest BCUT2D eigenvalue weighted by molar-refractivity contribution is 0.632. The van der Waals surface area contributed by atoms with Crippen LogP contribution in [-0.4, -0.2) is 4.98 Å². The Hall–Kier alpha value is -0.850. The van der Waals surface area contributed by atoms with Crippen molar-refractivity contribution < 1.29 is 0 Å². The predicted octanol–water partition coefficient (Wildman–Crippen LogP) is 3.90. The first-order chi connectivity index (χ1) is 6.83. The molecule has 0 aromatic carbocycles. The van der Waals surface area contributed by atoms with E-state index in [1.807, 2.05) is 6.20 Å². The minimum atomic E-state index is 1.14. The highest BCUT2D eigenvalue weighted by Gasteiger charge is 1.94. The Morgan fingerprint density at radius 1 is 1.14 bits per heavy atom. The topological polar surface area (TPSA) is 12.9 Å². The molecule has 0 unspecified atom stereocenters. The zero-order chi connectivity index (χ0) is 10.2. The second-order valence-corrected chi connectivity index (χ2v) is 3.97. The third-order valence-electron chi connectivity index (χ3n) is 2.53. The molecule has 0 saturated carbocycles. The predicted molar refractivity (Wildman–Crippen MR) is 61.4 cm³/mol. The van der Waals surface area contributed by atoms with E-state index in [1.54, 1.807) is 0 Å². The van der Waals surface area contributed by atoms with Crippen LogP contribution in [0.5, 0.6) is 0 Å². The monoisotopic (exact) mass is 191 g/mol. The largest absolute Gasteiger partial charge is 0.262 e. The molecule has 1 nitrogen and oxygen atoms in total. The first-order valence-electron chi connectivity index (χ1n) is 5.74. The highest BCUT2D eigenvalue weighted by Crippen LogP contribution is 2.09. The van der Waals surface area contributed by atoms with Gasteiger partial charge in [-0.25, -0.2) is 0 Å². The maximum absolute atomic E-state index is 4.20. The van der Waals surface area contributed by atoms with Gasteiger partial charge in [-0.05, 0) is 37.5 Å². The van der Waals surface area contributed by atoms with Crippen LogP contribution in [0.1, 0.15) is 50.3 Å². The van der Waals surface area contributed by atoms with E-state index in [0.29, 0.717) is 0 Å². The second-order valence-electron chi connectivity index (χ2n) is 3.97. The van der Waals surface area contributed by atoms with Crippen molar-refractivity contribution in [2.24, 2.45) is 0 Å². The third-order valence-corrected chi connectivity index (χ3v) is 2.53. The van der Waals surface area contributed by atoms with Crippen molar-refractivity contribution >= 4 is 0 Å². The number of pyridine rings is 1. The highest BCUT2D eigenvalue weighted by molar-refractivity contribution is 5.15. The molecule has 1 heteroatoms. The minimum absolute atomic E-state index is 1.14. The Bertz CT molecular complexity index is 255. The molecule has 0 aliphatic heterocycles. The highest BCUT2D eigenvalue weighted by atomic mass is 14.6. The Labute approximate surface area is 87.6 Å². The van der Waals surface area contributed by atoms with Gasteiger partial charge in [-0.2, -0.15) is 0 Å². The molecule has 0 fully saturated rings. The molecule has 0 saturated heterocycles. The van der Waals surface area contributed by atoms with Gasteiger partial charge in [-0.15, -0.1) is 0 Å². The maximum Gasteiger partial charge on any atom is 0.0375 e. The Morgan fingerprint density at radius 3 is 2.64 bits per heavy atom. The van der Waals surface area contributed by atoms with Crippen LogP contribution >= 0.6 is 0 Å². The molecule has 1 heterocycles. The Balaban J connectivity index is 2.18. The van der Waals surface area contributed by atoms with Gasteiger partial charge in [0.2, 0.25) is 0 Å². The maximum atomic E-state index is 4.20. The lowest BCUT2D eigenvalue weighted by Crippen LogP contribution is -1.88. The number of aryl methyl sites for hydroxylation is 2. The quantitative estimate of drug-likeness (QED) is 0.621. The van der Waals surface area contributed by atoms with Crippen LogP contribution in [0.15, 0.2) is 18.3 Å². The van der Waals surface area contributed by atoms with Gasteiger partial charge in [-0.3, -0.25) is 4.98 Å². The van der Waals surface area contributed by atoms with E-state index < -0.39 is 0 Å². The number of aromatic nitrogens is 1. The van der Waals surface area contributed by atoms with Crippen LogP contribution in [0.3, 0.4) is 0 Å². The van der Waals surface area contributed by atoms with E-state index in [2.05, 4.69) is 31.0 Å². The molecule has 0 atom stereocenters. The van der Waals surface area contributed by atoms with Crippen molar-refractivity contribution in [3.8, 4) is 0 Å². The lowest BCUT2D eigenvalue weighted by atomic mass is 10.1. The molecule has 1 aromatic heterocycles. The van der Waals surface area contributed by atoms with Gasteiger partial charge >= 0.3 is 0 Å². The fourth-order valence-electron chi connectivity index (χ4n) is 1.69. The van der Waals surface area contributed by atoms with E-state index in [1.165, 1.54) is 44.1 Å². The smallest absolute Gasteiger partial charge is 0.0375 e. The first kappa shape index (κ1) is 11.2. The summed E-state index contributed by atoms with van der Waals surface area (Å²) in [5.41, 5.74) is 2.57. The zero-order valence-electron chi connectivity index (χ0n) is 9.42. The van der Waals surface area contributed by atoms with Gasteiger partial charge in [0.25, 0.3) is 0 Å². The number of nitrogens with zero attached hydrogens (tertiary/aromatic N) is 1. The lowest BCUT2D eigenvalue weighted by Gasteiger charge is -2.01. The van der Waals surface area contributed by atoms with Gasteiger partial charge in [0, 0.05) is 11.9 Å². The normalized spacial score (nSPS) is 10.4. The fraction of sp³-hybridized carbons (Fsp3) is 0.615. The van der Waals surface area contributed by atoms with E-state index in [4.69, 9.17) is 0 Å². The molecule has 0 aliphatic carbocycles. The zero-order valence-corrected chi connectivity index (χ0v) is 9.42. The van der Waals surface area contributed by atoms with Gasteiger partial charge in [0.05, 0.1) is 0 Å². The summed E-state index contributed by atoms with van der Waals surface area (Å²) >= 11 is 0. The number of rotatable bonds is 6. The Kier molecular flexibility index (Phi) is 5.28. The van der Waals surface area contributed by atoms with Crippen LogP contribution in [0.25, 0.3) is 0 Å². The number of unbranched alkanes of at least 4 members (excludes halogenated alkanes) is 4. The van der Waals surface area contributed by atoms with Crippen LogP contribution < -0.4 is 0 Å². The van der Waals surface area contributed by atoms with Crippen LogP contribution in [0, 0.1) is 6.92 Å². The molecule has 1 rings (SSSR count).